The zero-order valence-corrected chi connectivity index (χ0v) is 25.7. The monoisotopic (exact) mass is 635 g/mol. The normalized spacial score (nSPS) is 16.4. The average Bonchev–Trinajstić information content (AvgIpc) is 3.06. The fraction of sp³-hybridized carbons (Fsp3) is 0.406. The Balaban J connectivity index is 1.17. The summed E-state index contributed by atoms with van der Waals surface area (Å²) in [7, 11) is 1.16. The molecule has 11 nitrogen and oxygen atoms in total. The summed E-state index contributed by atoms with van der Waals surface area (Å²) >= 11 is 0. The Bertz CT molecular complexity index is 1700. The molecule has 0 saturated carbocycles. The largest absolute Gasteiger partial charge is 0.496 e. The molecule has 2 saturated heterocycles. The van der Waals surface area contributed by atoms with Crippen LogP contribution in [0.4, 0.5) is 36.3 Å². The minimum absolute atomic E-state index is 0.00801. The molecule has 3 N–H and O–H groups in total. The van der Waals surface area contributed by atoms with Crippen LogP contribution in [0.2, 0.25) is 0 Å². The number of aromatic nitrogens is 4. The number of nitrogens with one attached hydrogen (secondary N) is 3. The van der Waals surface area contributed by atoms with E-state index in [4.69, 9.17) is 9.72 Å². The second-order valence-electron chi connectivity index (χ2n) is 11.6. The molecule has 0 spiro atoms. The van der Waals surface area contributed by atoms with E-state index in [0.717, 1.165) is 70.5 Å². The number of carbonyl (C=O) groups excluding carboxylic acids is 1. The number of rotatable bonds is 8. The fourth-order valence-corrected chi connectivity index (χ4v) is 5.88. The number of fused-ring (bicyclic) bond motifs is 1. The summed E-state index contributed by atoms with van der Waals surface area (Å²) in [6.07, 6.45) is 0.913. The highest BCUT2D eigenvalue weighted by atomic mass is 19.4. The predicted octanol–water partition coefficient (Wildman–Crippen LogP) is 4.87. The third-order valence-corrected chi connectivity index (χ3v) is 8.51. The second kappa shape index (κ2) is 13.4. The fourth-order valence-electron chi connectivity index (χ4n) is 5.88. The molecular formula is C32H36F3N9O2. The van der Waals surface area contributed by atoms with Gasteiger partial charge in [-0.1, -0.05) is 6.07 Å². The van der Waals surface area contributed by atoms with E-state index in [1.54, 1.807) is 24.4 Å². The van der Waals surface area contributed by atoms with Crippen LogP contribution in [0.5, 0.6) is 5.75 Å². The molecule has 2 aliphatic rings. The quantitative estimate of drug-likeness (QED) is 0.247. The zero-order chi connectivity index (χ0) is 32.3. The molecule has 2 aliphatic heterocycles. The van der Waals surface area contributed by atoms with Gasteiger partial charge in [0, 0.05) is 49.7 Å². The third kappa shape index (κ3) is 7.12. The number of aryl methyl sites for hydroxylation is 1. The van der Waals surface area contributed by atoms with Crippen LogP contribution in [0.3, 0.4) is 0 Å². The molecule has 1 amide bonds. The molecule has 2 aromatic heterocycles. The molecule has 0 bridgehead atoms. The summed E-state index contributed by atoms with van der Waals surface area (Å²) in [5.41, 5.74) is 1.78. The minimum atomic E-state index is -4.64. The van der Waals surface area contributed by atoms with E-state index in [2.05, 4.69) is 40.7 Å². The maximum atomic E-state index is 13.5. The average molecular weight is 636 g/mol. The SMILES string of the molecule is COc1ccc(NC(=O)c2ccc(C)c(Nc3ncnc4cnc(N5CCN(CC6CCNCC6)CC5)nc34)c2)cc1C(F)(F)F. The Morgan fingerprint density at radius 2 is 1.83 bits per heavy atom. The number of piperidine rings is 1. The number of methoxy groups -OCH3 is 1. The number of benzene rings is 2. The number of carbonyl (C=O) groups is 1. The van der Waals surface area contributed by atoms with Crippen LogP contribution in [0.1, 0.15) is 34.3 Å². The van der Waals surface area contributed by atoms with E-state index < -0.39 is 17.6 Å². The van der Waals surface area contributed by atoms with Crippen LogP contribution in [0.15, 0.2) is 48.9 Å². The molecule has 0 radical (unpaired) electrons. The molecule has 242 valence electrons. The highest BCUT2D eigenvalue weighted by Crippen LogP contribution is 2.38. The van der Waals surface area contributed by atoms with Gasteiger partial charge < -0.3 is 25.6 Å². The first-order chi connectivity index (χ1) is 22.2. The summed E-state index contributed by atoms with van der Waals surface area (Å²) in [6.45, 7) is 8.73. The van der Waals surface area contributed by atoms with Crippen molar-refractivity contribution in [3.8, 4) is 5.75 Å². The number of hydrogen-bond donors (Lipinski definition) is 3. The van der Waals surface area contributed by atoms with E-state index >= 15 is 0 Å². The van der Waals surface area contributed by atoms with Crippen molar-refractivity contribution < 1.29 is 22.7 Å². The Hall–Kier alpha value is -4.56. The number of nitrogens with zero attached hydrogens (tertiary/aromatic N) is 6. The summed E-state index contributed by atoms with van der Waals surface area (Å²) in [5, 5.41) is 9.27. The Kier molecular flexibility index (Phi) is 9.17. The van der Waals surface area contributed by atoms with E-state index in [1.165, 1.54) is 31.3 Å². The standard InChI is InChI=1S/C32H36F3N9O2/c1-20-3-4-22(30(45)40-23-5-6-27(46-2)24(16-23)32(33,34)35)15-25(20)41-29-28-26(38-19-39-29)17-37-31(42-28)44-13-11-43(12-14-44)18-21-7-9-36-10-8-21/h3-6,15-17,19,21,36H,7-14,18H2,1-2H3,(H,40,45)(H,38,39,41). The summed E-state index contributed by atoms with van der Waals surface area (Å²) in [4.78, 5) is 36.0. The molecule has 0 aliphatic carbocycles. The molecule has 0 unspecified atom stereocenters. The van der Waals surface area contributed by atoms with Gasteiger partial charge in [-0.25, -0.2) is 19.9 Å². The molecule has 46 heavy (non-hydrogen) atoms. The first-order valence-electron chi connectivity index (χ1n) is 15.3. The Morgan fingerprint density at radius 3 is 2.57 bits per heavy atom. The van der Waals surface area contributed by atoms with Gasteiger partial charge in [-0.15, -0.1) is 0 Å². The van der Waals surface area contributed by atoms with E-state index in [0.29, 0.717) is 28.5 Å². The van der Waals surface area contributed by atoms with Crippen LogP contribution < -0.4 is 25.6 Å². The van der Waals surface area contributed by atoms with E-state index in [1.807, 2.05) is 6.92 Å². The van der Waals surface area contributed by atoms with Crippen LogP contribution >= 0.6 is 0 Å². The number of anilines is 4. The summed E-state index contributed by atoms with van der Waals surface area (Å²) < 4.78 is 45.3. The van der Waals surface area contributed by atoms with Gasteiger partial charge in [-0.2, -0.15) is 13.2 Å². The van der Waals surface area contributed by atoms with Crippen molar-refractivity contribution >= 4 is 40.1 Å². The molecule has 4 aromatic rings. The number of ether oxygens (including phenoxy) is 1. The molecule has 14 heteroatoms. The number of amides is 1. The van der Waals surface area contributed by atoms with Gasteiger partial charge in [0.05, 0.1) is 18.9 Å². The molecule has 2 aromatic carbocycles. The zero-order valence-electron chi connectivity index (χ0n) is 25.7. The number of halogens is 3. The number of hydrogen-bond acceptors (Lipinski definition) is 10. The highest BCUT2D eigenvalue weighted by molar-refractivity contribution is 6.05. The van der Waals surface area contributed by atoms with Gasteiger partial charge >= 0.3 is 6.18 Å². The van der Waals surface area contributed by atoms with Crippen LogP contribution in [0, 0.1) is 12.8 Å². The maximum absolute atomic E-state index is 13.5. The van der Waals surface area contributed by atoms with Crippen molar-refractivity contribution in [1.82, 2.24) is 30.2 Å². The van der Waals surface area contributed by atoms with Crippen molar-refractivity contribution in [2.24, 2.45) is 5.92 Å². The Morgan fingerprint density at radius 1 is 1.04 bits per heavy atom. The molecule has 0 atom stereocenters. The number of piperazine rings is 1. The topological polar surface area (TPSA) is 120 Å². The first kappa shape index (κ1) is 31.4. The van der Waals surface area contributed by atoms with E-state index in [9.17, 15) is 18.0 Å². The molecular weight excluding hydrogens is 599 g/mol. The molecule has 4 heterocycles. The van der Waals surface area contributed by atoms with Crippen molar-refractivity contribution in [2.75, 3.05) is 68.5 Å². The van der Waals surface area contributed by atoms with Gasteiger partial charge in [-0.05, 0) is 74.7 Å². The highest BCUT2D eigenvalue weighted by Gasteiger charge is 2.34. The lowest BCUT2D eigenvalue weighted by molar-refractivity contribution is -0.138. The molecule has 6 rings (SSSR count). The lowest BCUT2D eigenvalue weighted by Gasteiger charge is -2.37. The van der Waals surface area contributed by atoms with Gasteiger partial charge in [0.25, 0.3) is 5.91 Å². The van der Waals surface area contributed by atoms with Gasteiger partial charge in [0.1, 0.15) is 23.1 Å². The van der Waals surface area contributed by atoms with Crippen LogP contribution in [-0.4, -0.2) is 83.7 Å². The Labute approximate surface area is 264 Å². The maximum Gasteiger partial charge on any atom is 0.420 e. The predicted molar refractivity (Wildman–Crippen MR) is 170 cm³/mol. The summed E-state index contributed by atoms with van der Waals surface area (Å²) in [6, 6.07) is 8.36. The van der Waals surface area contributed by atoms with Crippen molar-refractivity contribution in [1.29, 1.82) is 0 Å². The lowest BCUT2D eigenvalue weighted by Crippen LogP contribution is -2.49. The minimum Gasteiger partial charge on any atom is -0.496 e. The van der Waals surface area contributed by atoms with Crippen molar-refractivity contribution in [3.63, 3.8) is 0 Å². The van der Waals surface area contributed by atoms with Crippen molar-refractivity contribution in [2.45, 2.75) is 25.9 Å². The third-order valence-electron chi connectivity index (χ3n) is 8.51. The van der Waals surface area contributed by atoms with Crippen molar-refractivity contribution in [3.05, 3.63) is 65.6 Å². The van der Waals surface area contributed by atoms with Gasteiger partial charge in [-0.3, -0.25) is 9.69 Å². The number of alkyl halides is 3. The van der Waals surface area contributed by atoms with Crippen LogP contribution in [0.25, 0.3) is 11.0 Å². The van der Waals surface area contributed by atoms with Crippen LogP contribution in [-0.2, 0) is 6.18 Å². The molecule has 2 fully saturated rings. The first-order valence-corrected chi connectivity index (χ1v) is 15.3. The van der Waals surface area contributed by atoms with E-state index in [-0.39, 0.29) is 17.0 Å². The smallest absolute Gasteiger partial charge is 0.420 e. The van der Waals surface area contributed by atoms with Gasteiger partial charge in [0.2, 0.25) is 5.95 Å². The lowest BCUT2D eigenvalue weighted by atomic mass is 9.97. The summed E-state index contributed by atoms with van der Waals surface area (Å²) in [5.74, 6) is 0.899. The van der Waals surface area contributed by atoms with Gasteiger partial charge in [0.15, 0.2) is 5.82 Å². The second-order valence-corrected chi connectivity index (χ2v) is 11.6.